The summed E-state index contributed by atoms with van der Waals surface area (Å²) in [5.41, 5.74) is 11.3. The Kier molecular flexibility index (Phi) is 5.92. The molecular weight excluding hydrogens is 623 g/mol. The zero-order chi connectivity index (χ0) is 33.5. The molecule has 236 valence electrons. The molecule has 51 heavy (non-hydrogen) atoms. The lowest BCUT2D eigenvalue weighted by atomic mass is 9.94. The maximum absolute atomic E-state index is 6.51. The van der Waals surface area contributed by atoms with E-state index in [0.29, 0.717) is 0 Å². The van der Waals surface area contributed by atoms with Gasteiger partial charge in [0.1, 0.15) is 11.2 Å². The molecule has 0 unspecified atom stereocenters. The Morgan fingerprint density at radius 2 is 1.08 bits per heavy atom. The number of furan rings is 1. The molecule has 0 aliphatic rings. The third-order valence-corrected chi connectivity index (χ3v) is 10.3. The van der Waals surface area contributed by atoms with Crippen molar-refractivity contribution >= 4 is 76.2 Å². The summed E-state index contributed by atoms with van der Waals surface area (Å²) in [5, 5.41) is 10.1. The number of fused-ring (bicyclic) bond motifs is 11. The van der Waals surface area contributed by atoms with Crippen LogP contribution >= 0.6 is 0 Å². The summed E-state index contributed by atoms with van der Waals surface area (Å²) >= 11 is 0. The summed E-state index contributed by atoms with van der Waals surface area (Å²) in [4.78, 5) is 14.5. The maximum Gasteiger partial charge on any atom is 0.144 e. The largest absolute Gasteiger partial charge is 0.455 e. The molecule has 0 fully saturated rings. The van der Waals surface area contributed by atoms with Gasteiger partial charge in [-0.05, 0) is 81.6 Å². The fourth-order valence-corrected chi connectivity index (χ4v) is 7.87. The van der Waals surface area contributed by atoms with Gasteiger partial charge in [0.05, 0.1) is 22.2 Å². The van der Waals surface area contributed by atoms with E-state index in [1.165, 1.54) is 21.9 Å². The molecular formula is C47H27N3O. The van der Waals surface area contributed by atoms with Gasteiger partial charge in [-0.15, -0.1) is 0 Å². The molecule has 0 N–H and O–H groups in total. The first-order valence-corrected chi connectivity index (χ1v) is 17.2. The highest BCUT2D eigenvalue weighted by Gasteiger charge is 2.17. The van der Waals surface area contributed by atoms with Crippen LogP contribution in [0, 0.1) is 0 Å². The normalized spacial score (nSPS) is 11.9. The van der Waals surface area contributed by atoms with E-state index in [1.807, 2.05) is 42.7 Å². The minimum absolute atomic E-state index is 0.899. The maximum atomic E-state index is 6.51. The average Bonchev–Trinajstić information content (AvgIpc) is 3.59. The molecule has 4 heterocycles. The first-order chi connectivity index (χ1) is 25.3. The number of rotatable bonds is 3. The van der Waals surface area contributed by atoms with Crippen molar-refractivity contribution in [2.24, 2.45) is 0 Å². The Morgan fingerprint density at radius 3 is 1.96 bits per heavy atom. The van der Waals surface area contributed by atoms with Gasteiger partial charge in [0.25, 0.3) is 0 Å². The zero-order valence-electron chi connectivity index (χ0n) is 27.3. The van der Waals surface area contributed by atoms with Crippen LogP contribution in [-0.2, 0) is 0 Å². The van der Waals surface area contributed by atoms with Crippen molar-refractivity contribution < 1.29 is 4.42 Å². The predicted molar refractivity (Wildman–Crippen MR) is 211 cm³/mol. The average molecular weight is 650 g/mol. The van der Waals surface area contributed by atoms with E-state index in [2.05, 4.69) is 126 Å². The number of hydrogen-bond donors (Lipinski definition) is 0. The SMILES string of the molecule is c1cnc2c(c1)cc(-c1ccc3cc(-c4ccc(-c5nc6ccccc6c6c5ccc5c7ccccc7oc56)cc4)ccc3c1)c1cccnc12. The second kappa shape index (κ2) is 10.8. The lowest BCUT2D eigenvalue weighted by molar-refractivity contribution is 0.673. The van der Waals surface area contributed by atoms with E-state index in [1.54, 1.807) is 0 Å². The first kappa shape index (κ1) is 28.0. The molecule has 0 aliphatic carbocycles. The Bertz CT molecular complexity index is 3200. The topological polar surface area (TPSA) is 51.8 Å². The Labute approximate surface area is 292 Å². The van der Waals surface area contributed by atoms with E-state index < -0.39 is 0 Å². The van der Waals surface area contributed by atoms with Crippen LogP contribution < -0.4 is 0 Å². The van der Waals surface area contributed by atoms with Gasteiger partial charge in [0, 0.05) is 55.7 Å². The molecule has 7 aromatic carbocycles. The molecule has 4 nitrogen and oxygen atoms in total. The molecule has 0 radical (unpaired) electrons. The predicted octanol–water partition coefficient (Wildman–Crippen LogP) is 12.5. The third kappa shape index (κ3) is 4.30. The smallest absolute Gasteiger partial charge is 0.144 e. The zero-order valence-corrected chi connectivity index (χ0v) is 27.3. The highest BCUT2D eigenvalue weighted by Crippen LogP contribution is 2.41. The monoisotopic (exact) mass is 649 g/mol. The van der Waals surface area contributed by atoms with Crippen molar-refractivity contribution in [1.29, 1.82) is 0 Å². The highest BCUT2D eigenvalue weighted by molar-refractivity contribution is 6.24. The van der Waals surface area contributed by atoms with Crippen LogP contribution in [0.4, 0.5) is 0 Å². The van der Waals surface area contributed by atoms with Gasteiger partial charge in [0.15, 0.2) is 0 Å². The van der Waals surface area contributed by atoms with E-state index in [-0.39, 0.29) is 0 Å². The summed E-state index contributed by atoms with van der Waals surface area (Å²) in [6, 6.07) is 53.7. The highest BCUT2D eigenvalue weighted by atomic mass is 16.3. The van der Waals surface area contributed by atoms with Crippen molar-refractivity contribution in [3.63, 3.8) is 0 Å². The van der Waals surface area contributed by atoms with E-state index in [9.17, 15) is 0 Å². The summed E-state index contributed by atoms with van der Waals surface area (Å²) in [7, 11) is 0. The van der Waals surface area contributed by atoms with Crippen molar-refractivity contribution in [2.45, 2.75) is 0 Å². The number of benzene rings is 7. The molecule has 0 bridgehead atoms. The minimum atomic E-state index is 0.899. The van der Waals surface area contributed by atoms with Crippen LogP contribution in [0.5, 0.6) is 0 Å². The molecule has 0 atom stereocenters. The molecule has 0 saturated carbocycles. The van der Waals surface area contributed by atoms with Crippen LogP contribution in [0.2, 0.25) is 0 Å². The molecule has 0 aliphatic heterocycles. The quantitative estimate of drug-likeness (QED) is 0.179. The molecule has 11 rings (SSSR count). The first-order valence-electron chi connectivity index (χ1n) is 17.2. The van der Waals surface area contributed by atoms with Crippen LogP contribution in [-0.4, -0.2) is 15.0 Å². The van der Waals surface area contributed by atoms with Gasteiger partial charge in [0.2, 0.25) is 0 Å². The molecule has 0 spiro atoms. The van der Waals surface area contributed by atoms with Gasteiger partial charge >= 0.3 is 0 Å². The van der Waals surface area contributed by atoms with Crippen LogP contribution in [0.1, 0.15) is 0 Å². The lowest BCUT2D eigenvalue weighted by Crippen LogP contribution is -1.90. The van der Waals surface area contributed by atoms with Gasteiger partial charge in [-0.25, -0.2) is 4.98 Å². The summed E-state index contributed by atoms with van der Waals surface area (Å²) < 4.78 is 6.51. The number of hydrogen-bond acceptors (Lipinski definition) is 4. The Balaban J connectivity index is 0.993. The summed E-state index contributed by atoms with van der Waals surface area (Å²) in [6.45, 7) is 0. The molecule has 0 amide bonds. The van der Waals surface area contributed by atoms with Gasteiger partial charge < -0.3 is 4.42 Å². The fraction of sp³-hybridized carbons (Fsp3) is 0. The van der Waals surface area contributed by atoms with Crippen molar-refractivity contribution in [3.05, 3.63) is 164 Å². The molecule has 4 aromatic heterocycles. The van der Waals surface area contributed by atoms with E-state index >= 15 is 0 Å². The fourth-order valence-electron chi connectivity index (χ4n) is 7.87. The standard InChI is InChI=1S/C47H27N3O/c1-3-11-41-38(9-1)43-39(22-21-37-35-8-2-4-12-42(35)51-47(37)43)44(50-41)29-15-13-28(14-16-29)30-17-18-32-26-33(20-19-31(32)25-30)40-27-34-7-5-23-48-45(34)46-36(40)10-6-24-49-46/h1-27H. The van der Waals surface area contributed by atoms with Crippen molar-refractivity contribution in [3.8, 4) is 33.5 Å². The third-order valence-electron chi connectivity index (χ3n) is 10.3. The van der Waals surface area contributed by atoms with Gasteiger partial charge in [-0.1, -0.05) is 103 Å². The van der Waals surface area contributed by atoms with Crippen LogP contribution in [0.15, 0.2) is 168 Å². The Morgan fingerprint density at radius 1 is 0.412 bits per heavy atom. The lowest BCUT2D eigenvalue weighted by Gasteiger charge is -2.12. The number of para-hydroxylation sites is 2. The number of pyridine rings is 3. The summed E-state index contributed by atoms with van der Waals surface area (Å²) in [5.74, 6) is 0. The van der Waals surface area contributed by atoms with Crippen molar-refractivity contribution in [1.82, 2.24) is 15.0 Å². The molecule has 4 heteroatoms. The second-order valence-corrected chi connectivity index (χ2v) is 13.2. The number of nitrogens with zero attached hydrogens (tertiary/aromatic N) is 3. The number of aromatic nitrogens is 3. The van der Waals surface area contributed by atoms with E-state index in [0.717, 1.165) is 87.8 Å². The van der Waals surface area contributed by atoms with Gasteiger partial charge in [-0.3, -0.25) is 9.97 Å². The Hall–Kier alpha value is -6.91. The van der Waals surface area contributed by atoms with Gasteiger partial charge in [-0.2, -0.15) is 0 Å². The van der Waals surface area contributed by atoms with Crippen LogP contribution in [0.3, 0.4) is 0 Å². The summed E-state index contributed by atoms with van der Waals surface area (Å²) in [6.07, 6.45) is 3.67. The van der Waals surface area contributed by atoms with Crippen LogP contribution in [0.25, 0.3) is 110 Å². The molecule has 11 aromatic rings. The van der Waals surface area contributed by atoms with Crippen molar-refractivity contribution in [2.75, 3.05) is 0 Å². The minimum Gasteiger partial charge on any atom is -0.455 e. The van der Waals surface area contributed by atoms with E-state index in [4.69, 9.17) is 14.4 Å². The second-order valence-electron chi connectivity index (χ2n) is 13.2. The molecule has 0 saturated heterocycles.